The summed E-state index contributed by atoms with van der Waals surface area (Å²) in [6.45, 7) is 0.504. The van der Waals surface area contributed by atoms with Crippen LogP contribution in [0.3, 0.4) is 0 Å². The SMILES string of the molecule is NC1=N[C@@]2(c3cc(N)ccc3F)CCC[C@H]2CO1. The summed E-state index contributed by atoms with van der Waals surface area (Å²) in [5.74, 6) is -0.0874. The average molecular weight is 249 g/mol. The molecular formula is C13H16FN3O. The third-order valence-corrected chi connectivity index (χ3v) is 3.98. The van der Waals surface area contributed by atoms with Gasteiger partial charge in [0.15, 0.2) is 0 Å². The van der Waals surface area contributed by atoms with E-state index in [4.69, 9.17) is 16.2 Å². The smallest absolute Gasteiger partial charge is 0.282 e. The molecule has 96 valence electrons. The van der Waals surface area contributed by atoms with Crippen molar-refractivity contribution in [2.45, 2.75) is 24.8 Å². The minimum absolute atomic E-state index is 0.148. The first-order valence-electron chi connectivity index (χ1n) is 6.15. The number of ether oxygens (including phenoxy) is 1. The van der Waals surface area contributed by atoms with E-state index in [9.17, 15) is 4.39 Å². The number of hydrogen-bond acceptors (Lipinski definition) is 4. The molecule has 0 aromatic heterocycles. The Kier molecular flexibility index (Phi) is 2.43. The van der Waals surface area contributed by atoms with Crippen molar-refractivity contribution in [3.8, 4) is 0 Å². The van der Waals surface area contributed by atoms with Crippen LogP contribution in [0.4, 0.5) is 10.1 Å². The van der Waals surface area contributed by atoms with Crippen molar-refractivity contribution in [1.29, 1.82) is 0 Å². The molecule has 2 aliphatic rings. The molecule has 0 amide bonds. The van der Waals surface area contributed by atoms with Crippen LogP contribution < -0.4 is 11.5 Å². The van der Waals surface area contributed by atoms with E-state index >= 15 is 0 Å². The van der Waals surface area contributed by atoms with E-state index < -0.39 is 5.54 Å². The van der Waals surface area contributed by atoms with E-state index in [1.165, 1.54) is 6.07 Å². The standard InChI is InChI=1S/C13H16FN3O/c14-11-4-3-9(15)6-10(11)13-5-1-2-8(13)7-18-12(16)17-13/h3-4,6,8H,1-2,5,7,15H2,(H2,16,17)/t8-,13-/m0/s1. The highest BCUT2D eigenvalue weighted by atomic mass is 19.1. The molecule has 18 heavy (non-hydrogen) atoms. The molecule has 0 saturated heterocycles. The summed E-state index contributed by atoms with van der Waals surface area (Å²) in [6.07, 6.45) is 2.77. The summed E-state index contributed by atoms with van der Waals surface area (Å²) >= 11 is 0. The van der Waals surface area contributed by atoms with Gasteiger partial charge in [0.25, 0.3) is 6.02 Å². The molecule has 1 aromatic rings. The van der Waals surface area contributed by atoms with Gasteiger partial charge in [0.2, 0.25) is 0 Å². The summed E-state index contributed by atoms with van der Waals surface area (Å²) in [5.41, 5.74) is 12.0. The van der Waals surface area contributed by atoms with Crippen LogP contribution >= 0.6 is 0 Å². The molecule has 0 unspecified atom stereocenters. The summed E-state index contributed by atoms with van der Waals surface area (Å²) < 4.78 is 19.4. The molecule has 2 atom stereocenters. The summed E-state index contributed by atoms with van der Waals surface area (Å²) in [6, 6.07) is 4.78. The van der Waals surface area contributed by atoms with Crippen LogP contribution in [0, 0.1) is 11.7 Å². The summed E-state index contributed by atoms with van der Waals surface area (Å²) in [7, 11) is 0. The van der Waals surface area contributed by atoms with Crippen LogP contribution in [0.2, 0.25) is 0 Å². The van der Waals surface area contributed by atoms with Crippen molar-refractivity contribution >= 4 is 11.7 Å². The normalized spacial score (nSPS) is 30.5. The number of anilines is 1. The number of aliphatic imine (C=N–C) groups is 1. The molecule has 1 saturated carbocycles. The van der Waals surface area contributed by atoms with Crippen molar-refractivity contribution in [3.63, 3.8) is 0 Å². The molecule has 1 heterocycles. The maximum Gasteiger partial charge on any atom is 0.282 e. The fourth-order valence-corrected chi connectivity index (χ4v) is 3.13. The minimum atomic E-state index is -0.582. The van der Waals surface area contributed by atoms with Crippen LogP contribution in [-0.2, 0) is 10.3 Å². The molecule has 0 radical (unpaired) electrons. The van der Waals surface area contributed by atoms with Gasteiger partial charge < -0.3 is 16.2 Å². The summed E-state index contributed by atoms with van der Waals surface area (Å²) in [5, 5.41) is 0. The van der Waals surface area contributed by atoms with Gasteiger partial charge in [-0.25, -0.2) is 9.38 Å². The van der Waals surface area contributed by atoms with Crippen LogP contribution in [0.1, 0.15) is 24.8 Å². The zero-order valence-corrected chi connectivity index (χ0v) is 10.0. The monoisotopic (exact) mass is 249 g/mol. The first-order valence-corrected chi connectivity index (χ1v) is 6.15. The topological polar surface area (TPSA) is 73.6 Å². The second-order valence-electron chi connectivity index (χ2n) is 5.01. The molecule has 4 N–H and O–H groups in total. The number of nitrogens with zero attached hydrogens (tertiary/aromatic N) is 1. The number of amidine groups is 1. The van der Waals surface area contributed by atoms with E-state index in [-0.39, 0.29) is 17.8 Å². The second kappa shape index (κ2) is 3.86. The highest BCUT2D eigenvalue weighted by molar-refractivity contribution is 5.73. The summed E-state index contributed by atoms with van der Waals surface area (Å²) in [4.78, 5) is 4.42. The quantitative estimate of drug-likeness (QED) is 0.745. The lowest BCUT2D eigenvalue weighted by Gasteiger charge is -2.36. The molecule has 4 nitrogen and oxygen atoms in total. The minimum Gasteiger partial charge on any atom is -0.465 e. The van der Waals surface area contributed by atoms with Crippen molar-refractivity contribution in [2.24, 2.45) is 16.6 Å². The fraction of sp³-hybridized carbons (Fsp3) is 0.462. The Bertz CT molecular complexity index is 517. The maximum absolute atomic E-state index is 14.1. The molecule has 1 fully saturated rings. The van der Waals surface area contributed by atoms with Gasteiger partial charge in [-0.1, -0.05) is 6.42 Å². The van der Waals surface area contributed by atoms with E-state index in [0.717, 1.165) is 19.3 Å². The van der Waals surface area contributed by atoms with Gasteiger partial charge in [0.1, 0.15) is 11.4 Å². The van der Waals surface area contributed by atoms with Gasteiger partial charge in [0, 0.05) is 17.2 Å². The first kappa shape index (κ1) is 11.3. The highest BCUT2D eigenvalue weighted by Crippen LogP contribution is 2.49. The predicted octanol–water partition coefficient (Wildman–Crippen LogP) is 1.75. The number of nitrogens with two attached hydrogens (primary N) is 2. The van der Waals surface area contributed by atoms with Crippen molar-refractivity contribution in [2.75, 3.05) is 12.3 Å². The number of nitrogen functional groups attached to an aromatic ring is 1. The number of hydrogen-bond donors (Lipinski definition) is 2. The molecular weight excluding hydrogens is 233 g/mol. The number of halogens is 1. The average Bonchev–Trinajstić information content (AvgIpc) is 2.76. The lowest BCUT2D eigenvalue weighted by atomic mass is 9.80. The Balaban J connectivity index is 2.17. The number of rotatable bonds is 1. The molecule has 1 aliphatic carbocycles. The zero-order valence-electron chi connectivity index (χ0n) is 10.0. The van der Waals surface area contributed by atoms with Crippen LogP contribution in [0.5, 0.6) is 0 Å². The highest BCUT2D eigenvalue weighted by Gasteiger charge is 2.48. The third kappa shape index (κ3) is 1.54. The van der Waals surface area contributed by atoms with Crippen LogP contribution in [0.15, 0.2) is 23.2 Å². The maximum atomic E-state index is 14.1. The Morgan fingerprint density at radius 1 is 1.39 bits per heavy atom. The largest absolute Gasteiger partial charge is 0.465 e. The molecule has 5 heteroatoms. The van der Waals surface area contributed by atoms with Gasteiger partial charge in [-0.05, 0) is 31.0 Å². The fourth-order valence-electron chi connectivity index (χ4n) is 3.13. The predicted molar refractivity (Wildman–Crippen MR) is 67.4 cm³/mol. The third-order valence-electron chi connectivity index (χ3n) is 3.98. The van der Waals surface area contributed by atoms with Gasteiger partial charge in [-0.2, -0.15) is 0 Å². The lowest BCUT2D eigenvalue weighted by molar-refractivity contribution is 0.146. The van der Waals surface area contributed by atoms with E-state index in [0.29, 0.717) is 17.9 Å². The van der Waals surface area contributed by atoms with Gasteiger partial charge in [0.05, 0.1) is 6.61 Å². The molecule has 0 bridgehead atoms. The van der Waals surface area contributed by atoms with Crippen molar-refractivity contribution in [1.82, 2.24) is 0 Å². The van der Waals surface area contributed by atoms with Crippen molar-refractivity contribution in [3.05, 3.63) is 29.6 Å². The lowest BCUT2D eigenvalue weighted by Crippen LogP contribution is -2.41. The molecule has 1 aromatic carbocycles. The van der Waals surface area contributed by atoms with E-state index in [1.807, 2.05) is 0 Å². The van der Waals surface area contributed by atoms with Crippen LogP contribution in [-0.4, -0.2) is 12.6 Å². The van der Waals surface area contributed by atoms with Crippen LogP contribution in [0.25, 0.3) is 0 Å². The zero-order chi connectivity index (χ0) is 12.8. The second-order valence-corrected chi connectivity index (χ2v) is 5.01. The van der Waals surface area contributed by atoms with Gasteiger partial charge >= 0.3 is 0 Å². The Labute approximate surface area is 105 Å². The Hall–Kier alpha value is -1.78. The van der Waals surface area contributed by atoms with Gasteiger partial charge in [-0.3, -0.25) is 0 Å². The number of benzene rings is 1. The Morgan fingerprint density at radius 3 is 3.06 bits per heavy atom. The molecule has 3 rings (SSSR count). The molecule has 1 aliphatic heterocycles. The number of fused-ring (bicyclic) bond motifs is 1. The first-order chi connectivity index (χ1) is 8.62. The molecule has 0 spiro atoms. The van der Waals surface area contributed by atoms with Crippen molar-refractivity contribution < 1.29 is 9.13 Å². The van der Waals surface area contributed by atoms with E-state index in [2.05, 4.69) is 4.99 Å². The van der Waals surface area contributed by atoms with Gasteiger partial charge in [-0.15, -0.1) is 0 Å². The Morgan fingerprint density at radius 2 is 2.22 bits per heavy atom. The van der Waals surface area contributed by atoms with E-state index in [1.54, 1.807) is 12.1 Å².